The summed E-state index contributed by atoms with van der Waals surface area (Å²) in [7, 11) is 0. The monoisotopic (exact) mass is 699 g/mol. The third kappa shape index (κ3) is 6.68. The van der Waals surface area contributed by atoms with Gasteiger partial charge in [-0.25, -0.2) is 0 Å². The summed E-state index contributed by atoms with van der Waals surface area (Å²) in [6.07, 6.45) is 1.46. The molecule has 3 aromatic rings. The lowest BCUT2D eigenvalue weighted by Gasteiger charge is -2.12. The Balaban J connectivity index is 1.77. The number of nitriles is 1. The molecule has 3 rings (SSSR count). The molecule has 34 heavy (non-hydrogen) atoms. The minimum absolute atomic E-state index is 0.000912. The van der Waals surface area contributed by atoms with Gasteiger partial charge in [-0.1, -0.05) is 41.4 Å². The summed E-state index contributed by atoms with van der Waals surface area (Å²) in [5, 5.41) is 22.9. The summed E-state index contributed by atoms with van der Waals surface area (Å²) in [5.41, 5.74) is 2.70. The second-order valence-electron chi connectivity index (χ2n) is 7.13. The van der Waals surface area contributed by atoms with Crippen LogP contribution in [0.3, 0.4) is 0 Å². The van der Waals surface area contributed by atoms with Gasteiger partial charge in [-0.2, -0.15) is 5.26 Å². The van der Waals surface area contributed by atoms with Crippen LogP contribution in [0.4, 0.5) is 11.4 Å². The minimum atomic E-state index is -0.678. The fourth-order valence-electron chi connectivity index (χ4n) is 2.86. The molecule has 10 heteroatoms. The third-order valence-corrected chi connectivity index (χ3v) is 6.53. The molecule has 0 spiro atoms. The second kappa shape index (κ2) is 11.6. The molecule has 0 fully saturated rings. The number of nitro groups is 1. The number of halogens is 3. The van der Waals surface area contributed by atoms with Crippen molar-refractivity contribution in [1.29, 1.82) is 5.26 Å². The van der Waals surface area contributed by atoms with E-state index in [-0.39, 0.29) is 22.0 Å². The number of rotatable bonds is 7. The average Bonchev–Trinajstić information content (AvgIpc) is 2.79. The molecule has 0 atom stereocenters. The number of amides is 1. The van der Waals surface area contributed by atoms with Crippen molar-refractivity contribution < 1.29 is 14.5 Å². The van der Waals surface area contributed by atoms with E-state index in [9.17, 15) is 20.2 Å². The first-order valence-corrected chi connectivity index (χ1v) is 12.3. The fraction of sp³-hybridized carbons (Fsp3) is 0.0833. The molecule has 0 saturated heterocycles. The van der Waals surface area contributed by atoms with Crippen LogP contribution in [0, 0.1) is 35.5 Å². The van der Waals surface area contributed by atoms with Crippen molar-refractivity contribution in [3.63, 3.8) is 0 Å². The minimum Gasteiger partial charge on any atom is -0.487 e. The van der Waals surface area contributed by atoms with Gasteiger partial charge in [-0.05, 0) is 87.5 Å². The molecule has 0 heterocycles. The van der Waals surface area contributed by atoms with Crippen LogP contribution in [-0.4, -0.2) is 10.8 Å². The zero-order chi connectivity index (χ0) is 24.8. The first-order valence-electron chi connectivity index (χ1n) is 9.72. The largest absolute Gasteiger partial charge is 0.487 e. The number of nitrogens with zero attached hydrogens (tertiary/aromatic N) is 2. The number of hydrogen-bond donors (Lipinski definition) is 1. The Hall–Kier alpha value is -2.69. The SMILES string of the molecule is Cc1ccc(COc2c(I)cc(C=C(C#N)C(=O)Nc3ccc([N+](=O)[O-])cc3Cl)cc2I)cc1. The van der Waals surface area contributed by atoms with Crippen LogP contribution in [0.15, 0.2) is 60.2 Å². The topological polar surface area (TPSA) is 105 Å². The molecule has 7 nitrogen and oxygen atoms in total. The van der Waals surface area contributed by atoms with Crippen LogP contribution in [0.25, 0.3) is 6.08 Å². The van der Waals surface area contributed by atoms with Crippen molar-refractivity contribution in [2.75, 3.05) is 5.32 Å². The van der Waals surface area contributed by atoms with Crippen molar-refractivity contribution in [1.82, 2.24) is 0 Å². The molecule has 0 unspecified atom stereocenters. The lowest BCUT2D eigenvalue weighted by atomic mass is 10.1. The van der Waals surface area contributed by atoms with Gasteiger partial charge in [0.2, 0.25) is 0 Å². The van der Waals surface area contributed by atoms with Crippen LogP contribution < -0.4 is 10.1 Å². The molecule has 0 radical (unpaired) electrons. The highest BCUT2D eigenvalue weighted by atomic mass is 127. The molecule has 0 aliphatic carbocycles. The first-order chi connectivity index (χ1) is 16.2. The highest BCUT2D eigenvalue weighted by Gasteiger charge is 2.15. The number of carbonyl (C=O) groups excluding carboxylic acids is 1. The maximum atomic E-state index is 12.6. The summed E-state index contributed by atoms with van der Waals surface area (Å²) < 4.78 is 7.67. The third-order valence-electron chi connectivity index (χ3n) is 4.61. The van der Waals surface area contributed by atoms with Gasteiger partial charge >= 0.3 is 0 Å². The predicted octanol–water partition coefficient (Wildman–Crippen LogP) is 6.89. The van der Waals surface area contributed by atoms with Crippen LogP contribution in [-0.2, 0) is 11.4 Å². The molecular formula is C24H16ClI2N3O4. The normalized spacial score (nSPS) is 11.0. The number of hydrogen-bond acceptors (Lipinski definition) is 5. The maximum absolute atomic E-state index is 12.6. The highest BCUT2D eigenvalue weighted by Crippen LogP contribution is 2.31. The Labute approximate surface area is 228 Å². The Bertz CT molecular complexity index is 1310. The van der Waals surface area contributed by atoms with Crippen molar-refractivity contribution in [3.8, 4) is 11.8 Å². The zero-order valence-corrected chi connectivity index (χ0v) is 22.7. The standard InChI is InChI=1S/C24H16ClI2N3O4/c1-14-2-4-15(5-3-14)13-34-23-20(26)9-16(10-21(23)27)8-17(12-28)24(31)29-22-7-6-18(30(32)33)11-19(22)25/h2-11H,13H2,1H3,(H,29,31). The number of anilines is 1. The number of non-ortho nitro benzene ring substituents is 1. The van der Waals surface area contributed by atoms with E-state index in [1.807, 2.05) is 49.4 Å². The van der Waals surface area contributed by atoms with Crippen molar-refractivity contribution in [2.45, 2.75) is 13.5 Å². The molecule has 1 amide bonds. The Morgan fingerprint density at radius 1 is 1.18 bits per heavy atom. The predicted molar refractivity (Wildman–Crippen MR) is 148 cm³/mol. The molecule has 0 aliphatic heterocycles. The average molecular weight is 700 g/mol. The van der Waals surface area contributed by atoms with Crippen LogP contribution in [0.5, 0.6) is 5.75 Å². The van der Waals surface area contributed by atoms with Gasteiger partial charge in [0.25, 0.3) is 11.6 Å². The number of nitrogens with one attached hydrogen (secondary N) is 1. The number of ether oxygens (including phenoxy) is 1. The van der Waals surface area contributed by atoms with E-state index in [1.54, 1.807) is 0 Å². The Morgan fingerprint density at radius 3 is 2.38 bits per heavy atom. The van der Waals surface area contributed by atoms with Gasteiger partial charge in [0.1, 0.15) is 24.0 Å². The van der Waals surface area contributed by atoms with Crippen LogP contribution >= 0.6 is 56.8 Å². The van der Waals surface area contributed by atoms with Gasteiger partial charge < -0.3 is 10.1 Å². The van der Waals surface area contributed by atoms with E-state index in [1.165, 1.54) is 23.8 Å². The van der Waals surface area contributed by atoms with E-state index in [0.29, 0.717) is 12.2 Å². The summed E-state index contributed by atoms with van der Waals surface area (Å²) in [6.45, 7) is 2.45. The summed E-state index contributed by atoms with van der Waals surface area (Å²) in [5.74, 6) is 0.0440. The Morgan fingerprint density at radius 2 is 1.82 bits per heavy atom. The molecule has 0 aromatic heterocycles. The van der Waals surface area contributed by atoms with Gasteiger partial charge in [0.15, 0.2) is 0 Å². The van der Waals surface area contributed by atoms with Crippen LogP contribution in [0.1, 0.15) is 16.7 Å². The van der Waals surface area contributed by atoms with E-state index >= 15 is 0 Å². The number of nitro benzene ring substituents is 1. The van der Waals surface area contributed by atoms with Crippen LogP contribution in [0.2, 0.25) is 5.02 Å². The lowest BCUT2D eigenvalue weighted by Crippen LogP contribution is -2.13. The van der Waals surface area contributed by atoms with Crippen molar-refractivity contribution in [2.24, 2.45) is 0 Å². The molecule has 0 aliphatic rings. The quantitative estimate of drug-likeness (QED) is 0.0951. The van der Waals surface area contributed by atoms with Gasteiger partial charge in [-0.3, -0.25) is 14.9 Å². The molecule has 0 saturated carbocycles. The summed E-state index contributed by atoms with van der Waals surface area (Å²) in [4.78, 5) is 22.9. The van der Waals surface area contributed by atoms with Gasteiger partial charge in [0.05, 0.1) is 22.8 Å². The van der Waals surface area contributed by atoms with E-state index in [4.69, 9.17) is 16.3 Å². The number of aryl methyl sites for hydroxylation is 1. The van der Waals surface area contributed by atoms with Gasteiger partial charge in [-0.15, -0.1) is 0 Å². The van der Waals surface area contributed by atoms with E-state index in [0.717, 1.165) is 24.5 Å². The number of carbonyl (C=O) groups is 1. The lowest BCUT2D eigenvalue weighted by molar-refractivity contribution is -0.384. The number of benzene rings is 3. The molecule has 3 aromatic carbocycles. The van der Waals surface area contributed by atoms with E-state index < -0.39 is 10.8 Å². The molecule has 1 N–H and O–H groups in total. The summed E-state index contributed by atoms with van der Waals surface area (Å²) >= 11 is 10.3. The first kappa shape index (κ1) is 25.9. The molecule has 0 bridgehead atoms. The second-order valence-corrected chi connectivity index (χ2v) is 9.86. The maximum Gasteiger partial charge on any atom is 0.271 e. The zero-order valence-electron chi connectivity index (χ0n) is 17.6. The smallest absolute Gasteiger partial charge is 0.271 e. The summed E-state index contributed by atoms with van der Waals surface area (Å²) in [6, 6.07) is 17.3. The Kier molecular flexibility index (Phi) is 8.87. The van der Waals surface area contributed by atoms with Crippen molar-refractivity contribution >= 4 is 80.1 Å². The highest BCUT2D eigenvalue weighted by molar-refractivity contribution is 14.1. The van der Waals surface area contributed by atoms with E-state index in [2.05, 4.69) is 50.5 Å². The molecule has 172 valence electrons. The fourth-order valence-corrected chi connectivity index (χ4v) is 5.21. The van der Waals surface area contributed by atoms with Gasteiger partial charge in [0, 0.05) is 12.1 Å². The molecular weight excluding hydrogens is 684 g/mol. The van der Waals surface area contributed by atoms with Crippen molar-refractivity contribution in [3.05, 3.63) is 99.1 Å².